The number of hydrogen-bond donors (Lipinski definition) is 3. The first-order valence-corrected chi connectivity index (χ1v) is 7.41. The molecule has 6 nitrogen and oxygen atoms in total. The highest BCUT2D eigenvalue weighted by Crippen LogP contribution is 2.08. The van der Waals surface area contributed by atoms with Crippen molar-refractivity contribution in [3.8, 4) is 0 Å². The zero-order valence-electron chi connectivity index (χ0n) is 13.1. The van der Waals surface area contributed by atoms with Gasteiger partial charge in [-0.1, -0.05) is 12.1 Å². The quantitative estimate of drug-likeness (QED) is 0.677. The standard InChI is InChI=1S/C16H23N3O3/c1-3-17-14(20)8-5-9-15(21)18-11-16(22)19-13-7-4-6-12(2)10-13/h4,6-7,10H,3,5,8-9,11H2,1-2H3,(H,17,20)(H,18,21)(H,19,22). The van der Waals surface area contributed by atoms with Crippen molar-refractivity contribution in [3.05, 3.63) is 29.8 Å². The molecule has 3 N–H and O–H groups in total. The minimum absolute atomic E-state index is 0.0625. The number of hydrogen-bond acceptors (Lipinski definition) is 3. The number of nitrogens with one attached hydrogen (secondary N) is 3. The Hall–Kier alpha value is -2.37. The fraction of sp³-hybridized carbons (Fsp3) is 0.438. The van der Waals surface area contributed by atoms with E-state index in [1.54, 1.807) is 6.07 Å². The summed E-state index contributed by atoms with van der Waals surface area (Å²) in [6.07, 6.45) is 1.02. The summed E-state index contributed by atoms with van der Waals surface area (Å²) >= 11 is 0. The van der Waals surface area contributed by atoms with Crippen molar-refractivity contribution in [1.82, 2.24) is 10.6 Å². The molecule has 0 atom stereocenters. The first kappa shape index (κ1) is 17.7. The van der Waals surface area contributed by atoms with E-state index >= 15 is 0 Å². The van der Waals surface area contributed by atoms with Crippen LogP contribution in [0.3, 0.4) is 0 Å². The van der Waals surface area contributed by atoms with Gasteiger partial charge in [-0.2, -0.15) is 0 Å². The third-order valence-corrected chi connectivity index (χ3v) is 2.93. The zero-order chi connectivity index (χ0) is 16.4. The van der Waals surface area contributed by atoms with Crippen LogP contribution in [-0.4, -0.2) is 30.8 Å². The van der Waals surface area contributed by atoms with Crippen LogP contribution in [0, 0.1) is 6.92 Å². The van der Waals surface area contributed by atoms with Crippen molar-refractivity contribution < 1.29 is 14.4 Å². The van der Waals surface area contributed by atoms with E-state index in [-0.39, 0.29) is 30.7 Å². The van der Waals surface area contributed by atoms with Gasteiger partial charge < -0.3 is 16.0 Å². The van der Waals surface area contributed by atoms with E-state index in [1.807, 2.05) is 32.0 Å². The lowest BCUT2D eigenvalue weighted by Gasteiger charge is -2.07. The average Bonchev–Trinajstić information content (AvgIpc) is 2.45. The summed E-state index contributed by atoms with van der Waals surface area (Å²) in [5, 5.41) is 7.92. The average molecular weight is 305 g/mol. The van der Waals surface area contributed by atoms with Gasteiger partial charge >= 0.3 is 0 Å². The maximum absolute atomic E-state index is 11.7. The highest BCUT2D eigenvalue weighted by Gasteiger charge is 2.07. The van der Waals surface area contributed by atoms with E-state index in [4.69, 9.17) is 0 Å². The molecule has 0 aliphatic rings. The maximum Gasteiger partial charge on any atom is 0.243 e. The van der Waals surface area contributed by atoms with Crippen LogP contribution in [0.1, 0.15) is 31.7 Å². The highest BCUT2D eigenvalue weighted by atomic mass is 16.2. The molecule has 0 radical (unpaired) electrons. The lowest BCUT2D eigenvalue weighted by Crippen LogP contribution is -2.33. The molecule has 1 aromatic rings. The lowest BCUT2D eigenvalue weighted by molar-refractivity contribution is -0.124. The van der Waals surface area contributed by atoms with E-state index in [1.165, 1.54) is 0 Å². The fourth-order valence-corrected chi connectivity index (χ4v) is 1.89. The van der Waals surface area contributed by atoms with Gasteiger partial charge in [0.15, 0.2) is 0 Å². The molecule has 22 heavy (non-hydrogen) atoms. The Labute approximate surface area is 130 Å². The molecule has 0 bridgehead atoms. The van der Waals surface area contributed by atoms with E-state index in [0.717, 1.165) is 5.56 Å². The van der Waals surface area contributed by atoms with Crippen LogP contribution >= 0.6 is 0 Å². The second-order valence-electron chi connectivity index (χ2n) is 5.00. The van der Waals surface area contributed by atoms with Gasteiger partial charge in [0.25, 0.3) is 0 Å². The smallest absolute Gasteiger partial charge is 0.243 e. The highest BCUT2D eigenvalue weighted by molar-refractivity contribution is 5.94. The molecule has 6 heteroatoms. The molecule has 0 spiro atoms. The first-order chi connectivity index (χ1) is 10.5. The molecule has 1 rings (SSSR count). The van der Waals surface area contributed by atoms with E-state index in [2.05, 4.69) is 16.0 Å². The second-order valence-corrected chi connectivity index (χ2v) is 5.00. The largest absolute Gasteiger partial charge is 0.356 e. The zero-order valence-corrected chi connectivity index (χ0v) is 13.1. The third-order valence-electron chi connectivity index (χ3n) is 2.93. The van der Waals surface area contributed by atoms with Crippen LogP contribution in [0.25, 0.3) is 0 Å². The van der Waals surface area contributed by atoms with E-state index < -0.39 is 0 Å². The number of benzene rings is 1. The van der Waals surface area contributed by atoms with Gasteiger partial charge in [0.05, 0.1) is 6.54 Å². The molecule has 0 aliphatic carbocycles. The lowest BCUT2D eigenvalue weighted by atomic mass is 10.2. The molecule has 0 saturated carbocycles. The first-order valence-electron chi connectivity index (χ1n) is 7.41. The van der Waals surface area contributed by atoms with Crippen molar-refractivity contribution in [2.45, 2.75) is 33.1 Å². The molecule has 0 saturated heterocycles. The van der Waals surface area contributed by atoms with Gasteiger partial charge in [-0.25, -0.2) is 0 Å². The molecular formula is C16H23N3O3. The van der Waals surface area contributed by atoms with E-state index in [0.29, 0.717) is 25.1 Å². The van der Waals surface area contributed by atoms with Crippen molar-refractivity contribution in [1.29, 1.82) is 0 Å². The number of carbonyl (C=O) groups excluding carboxylic acids is 3. The Kier molecular flexibility index (Phi) is 7.67. The Morgan fingerprint density at radius 2 is 1.68 bits per heavy atom. The SMILES string of the molecule is CCNC(=O)CCCC(=O)NCC(=O)Nc1cccc(C)c1. The van der Waals surface area contributed by atoms with E-state index in [9.17, 15) is 14.4 Å². The number of amides is 3. The third kappa shape index (κ3) is 7.42. The molecule has 0 fully saturated rings. The summed E-state index contributed by atoms with van der Waals surface area (Å²) in [5.74, 6) is -0.571. The van der Waals surface area contributed by atoms with Crippen LogP contribution in [0.4, 0.5) is 5.69 Å². The molecule has 0 unspecified atom stereocenters. The van der Waals surface area contributed by atoms with Gasteiger partial charge in [0.1, 0.15) is 0 Å². The molecule has 0 aliphatic heterocycles. The molecular weight excluding hydrogens is 282 g/mol. The van der Waals surface area contributed by atoms with Gasteiger partial charge in [0, 0.05) is 25.1 Å². The van der Waals surface area contributed by atoms with Gasteiger partial charge in [-0.15, -0.1) is 0 Å². The Bertz CT molecular complexity index is 529. The van der Waals surface area contributed by atoms with Gasteiger partial charge in [-0.05, 0) is 38.0 Å². The molecule has 1 aromatic carbocycles. The minimum atomic E-state index is -0.275. The summed E-state index contributed by atoms with van der Waals surface area (Å²) in [4.78, 5) is 34.5. The second kappa shape index (κ2) is 9.55. The van der Waals surface area contributed by atoms with Crippen molar-refractivity contribution in [3.63, 3.8) is 0 Å². The van der Waals surface area contributed by atoms with Crippen molar-refractivity contribution in [2.24, 2.45) is 0 Å². The molecule has 120 valence electrons. The van der Waals surface area contributed by atoms with Gasteiger partial charge in [0.2, 0.25) is 17.7 Å². The molecule has 3 amide bonds. The summed E-state index contributed by atoms with van der Waals surface area (Å²) in [7, 11) is 0. The Morgan fingerprint density at radius 3 is 2.32 bits per heavy atom. The van der Waals surface area contributed by atoms with Crippen LogP contribution in [0.5, 0.6) is 0 Å². The predicted octanol–water partition coefficient (Wildman–Crippen LogP) is 1.36. The van der Waals surface area contributed by atoms with Crippen LogP contribution < -0.4 is 16.0 Å². The Morgan fingerprint density at radius 1 is 1.00 bits per heavy atom. The molecule has 0 heterocycles. The van der Waals surface area contributed by atoms with Gasteiger partial charge in [-0.3, -0.25) is 14.4 Å². The number of carbonyl (C=O) groups is 3. The van der Waals surface area contributed by atoms with Crippen molar-refractivity contribution in [2.75, 3.05) is 18.4 Å². The Balaban J connectivity index is 2.20. The summed E-state index contributed by atoms with van der Waals surface area (Å²) in [6.45, 7) is 4.29. The molecule has 0 aromatic heterocycles. The number of rotatable bonds is 8. The predicted molar refractivity (Wildman–Crippen MR) is 85.4 cm³/mol. The minimum Gasteiger partial charge on any atom is -0.356 e. The van der Waals surface area contributed by atoms with Crippen LogP contribution in [0.15, 0.2) is 24.3 Å². The normalized spacial score (nSPS) is 9.91. The van der Waals surface area contributed by atoms with Crippen LogP contribution in [-0.2, 0) is 14.4 Å². The summed E-state index contributed by atoms with van der Waals surface area (Å²) in [5.41, 5.74) is 1.75. The van der Waals surface area contributed by atoms with Crippen molar-refractivity contribution >= 4 is 23.4 Å². The topological polar surface area (TPSA) is 87.3 Å². The number of anilines is 1. The number of aryl methyl sites for hydroxylation is 1. The summed E-state index contributed by atoms with van der Waals surface area (Å²) in [6, 6.07) is 7.43. The fourth-order valence-electron chi connectivity index (χ4n) is 1.89. The summed E-state index contributed by atoms with van der Waals surface area (Å²) < 4.78 is 0. The van der Waals surface area contributed by atoms with Crippen LogP contribution in [0.2, 0.25) is 0 Å². The maximum atomic E-state index is 11.7. The monoisotopic (exact) mass is 305 g/mol.